The van der Waals surface area contributed by atoms with Crippen LogP contribution in [0.4, 0.5) is 5.69 Å². The zero-order chi connectivity index (χ0) is 12.5. The molecule has 2 saturated heterocycles. The smallest absolute Gasteiger partial charge is 0.103 e. The van der Waals surface area contributed by atoms with Crippen LogP contribution < -0.4 is 11.1 Å². The Kier molecular flexibility index (Phi) is 3.22. The molecule has 1 aromatic carbocycles. The molecule has 0 amide bonds. The van der Waals surface area contributed by atoms with Crippen LogP contribution >= 0.6 is 12.2 Å². The molecule has 2 aliphatic rings. The van der Waals surface area contributed by atoms with E-state index in [0.717, 1.165) is 17.8 Å². The average Bonchev–Trinajstić information content (AvgIpc) is 2.99. The summed E-state index contributed by atoms with van der Waals surface area (Å²) >= 11 is 4.93. The van der Waals surface area contributed by atoms with Crippen molar-refractivity contribution in [3.63, 3.8) is 0 Å². The predicted octanol–water partition coefficient (Wildman–Crippen LogP) is 2.30. The Balaban J connectivity index is 1.55. The molecular weight excluding hydrogens is 244 g/mol. The molecule has 2 aliphatic heterocycles. The van der Waals surface area contributed by atoms with Crippen LogP contribution in [0.25, 0.3) is 0 Å². The molecule has 0 spiro atoms. The third kappa shape index (κ3) is 2.35. The number of anilines is 1. The number of fused-ring (bicyclic) bond motifs is 2. The molecule has 3 rings (SSSR count). The minimum atomic E-state index is 0.447. The molecule has 0 saturated carbocycles. The van der Waals surface area contributed by atoms with E-state index in [-0.39, 0.29) is 0 Å². The van der Waals surface area contributed by atoms with Crippen molar-refractivity contribution in [2.24, 2.45) is 11.7 Å². The number of nitrogens with two attached hydrogens (primary N) is 1. The van der Waals surface area contributed by atoms with Gasteiger partial charge in [0, 0.05) is 23.7 Å². The Morgan fingerprint density at radius 2 is 2.11 bits per heavy atom. The van der Waals surface area contributed by atoms with Gasteiger partial charge in [-0.15, -0.1) is 0 Å². The maximum absolute atomic E-state index is 5.85. The van der Waals surface area contributed by atoms with Crippen molar-refractivity contribution >= 4 is 22.9 Å². The van der Waals surface area contributed by atoms with Gasteiger partial charge >= 0.3 is 0 Å². The number of thiocarbonyl (C=S) groups is 1. The standard InChI is InChI=1S/C14H18N2OS/c15-14(18)9-1-3-11(4-2-9)16-8-10-7-12-5-6-13(10)17-12/h1-4,10,12-13,16H,5-8H2,(H2,15,18). The molecule has 2 heterocycles. The molecule has 0 radical (unpaired) electrons. The van der Waals surface area contributed by atoms with Crippen molar-refractivity contribution in [2.45, 2.75) is 31.5 Å². The number of ether oxygens (including phenoxy) is 1. The van der Waals surface area contributed by atoms with Crippen molar-refractivity contribution in [3.8, 4) is 0 Å². The monoisotopic (exact) mass is 262 g/mol. The summed E-state index contributed by atoms with van der Waals surface area (Å²) in [6, 6.07) is 7.98. The lowest BCUT2D eigenvalue weighted by atomic mass is 9.89. The molecular formula is C14H18N2OS. The normalized spacial score (nSPS) is 29.4. The van der Waals surface area contributed by atoms with E-state index in [1.165, 1.54) is 19.3 Å². The SMILES string of the molecule is NC(=S)c1ccc(NCC2CC3CCC2O3)cc1. The first-order valence-corrected chi connectivity index (χ1v) is 6.92. The highest BCUT2D eigenvalue weighted by atomic mass is 32.1. The largest absolute Gasteiger partial charge is 0.389 e. The first-order valence-electron chi connectivity index (χ1n) is 6.51. The van der Waals surface area contributed by atoms with Crippen molar-refractivity contribution in [2.75, 3.05) is 11.9 Å². The van der Waals surface area contributed by atoms with E-state index < -0.39 is 0 Å². The first kappa shape index (κ1) is 11.9. The van der Waals surface area contributed by atoms with Crippen LogP contribution in [0.5, 0.6) is 0 Å². The lowest BCUT2D eigenvalue weighted by molar-refractivity contribution is 0.0941. The molecule has 2 bridgehead atoms. The molecule has 0 aromatic heterocycles. The van der Waals surface area contributed by atoms with Gasteiger partial charge in [-0.2, -0.15) is 0 Å². The minimum absolute atomic E-state index is 0.447. The highest BCUT2D eigenvalue weighted by Gasteiger charge is 2.40. The van der Waals surface area contributed by atoms with Gasteiger partial charge in [0.05, 0.1) is 12.2 Å². The van der Waals surface area contributed by atoms with Crippen LogP contribution in [0.3, 0.4) is 0 Å². The van der Waals surface area contributed by atoms with Gasteiger partial charge in [0.15, 0.2) is 0 Å². The fourth-order valence-corrected chi connectivity index (χ4v) is 3.10. The molecule has 4 heteroatoms. The predicted molar refractivity (Wildman–Crippen MR) is 76.8 cm³/mol. The van der Waals surface area contributed by atoms with Crippen LogP contribution in [-0.2, 0) is 4.74 Å². The number of rotatable bonds is 4. The van der Waals surface area contributed by atoms with Gasteiger partial charge in [-0.25, -0.2) is 0 Å². The zero-order valence-electron chi connectivity index (χ0n) is 10.3. The molecule has 0 aliphatic carbocycles. The molecule has 3 nitrogen and oxygen atoms in total. The molecule has 3 N–H and O–H groups in total. The van der Waals surface area contributed by atoms with Gasteiger partial charge in [-0.3, -0.25) is 0 Å². The van der Waals surface area contributed by atoms with E-state index in [9.17, 15) is 0 Å². The molecule has 3 atom stereocenters. The van der Waals surface area contributed by atoms with E-state index >= 15 is 0 Å². The summed E-state index contributed by atoms with van der Waals surface area (Å²) in [7, 11) is 0. The number of benzene rings is 1. The summed E-state index contributed by atoms with van der Waals surface area (Å²) in [4.78, 5) is 0.447. The van der Waals surface area contributed by atoms with E-state index in [1.54, 1.807) is 0 Å². The summed E-state index contributed by atoms with van der Waals surface area (Å²) in [5.41, 5.74) is 7.61. The zero-order valence-corrected chi connectivity index (χ0v) is 11.1. The Bertz CT molecular complexity index is 446. The van der Waals surface area contributed by atoms with Crippen LogP contribution in [0.15, 0.2) is 24.3 Å². The second-order valence-corrected chi connectivity index (χ2v) is 5.63. The van der Waals surface area contributed by atoms with Gasteiger partial charge in [0.2, 0.25) is 0 Å². The van der Waals surface area contributed by atoms with E-state index in [0.29, 0.717) is 23.1 Å². The fourth-order valence-electron chi connectivity index (χ4n) is 2.96. The van der Waals surface area contributed by atoms with Crippen LogP contribution in [0.2, 0.25) is 0 Å². The number of hydrogen-bond acceptors (Lipinski definition) is 3. The molecule has 96 valence electrons. The van der Waals surface area contributed by atoms with Crippen molar-refractivity contribution in [1.29, 1.82) is 0 Å². The molecule has 18 heavy (non-hydrogen) atoms. The maximum Gasteiger partial charge on any atom is 0.103 e. The highest BCUT2D eigenvalue weighted by molar-refractivity contribution is 7.80. The summed E-state index contributed by atoms with van der Waals surface area (Å²) in [5.74, 6) is 0.666. The molecule has 1 aromatic rings. The summed E-state index contributed by atoms with van der Waals surface area (Å²) < 4.78 is 5.85. The van der Waals surface area contributed by atoms with E-state index in [1.807, 2.05) is 24.3 Å². The minimum Gasteiger partial charge on any atom is -0.389 e. The number of hydrogen-bond donors (Lipinski definition) is 2. The highest BCUT2D eigenvalue weighted by Crippen LogP contribution is 2.38. The van der Waals surface area contributed by atoms with Gasteiger partial charge in [-0.05, 0) is 43.5 Å². The third-order valence-electron chi connectivity index (χ3n) is 3.97. The molecule has 3 unspecified atom stereocenters. The van der Waals surface area contributed by atoms with Crippen molar-refractivity contribution in [1.82, 2.24) is 0 Å². The second kappa shape index (κ2) is 4.86. The van der Waals surface area contributed by atoms with E-state index in [4.69, 9.17) is 22.7 Å². The molecule has 2 fully saturated rings. The lowest BCUT2D eigenvalue weighted by Gasteiger charge is -2.19. The van der Waals surface area contributed by atoms with E-state index in [2.05, 4.69) is 5.32 Å². The van der Waals surface area contributed by atoms with Gasteiger partial charge in [0.1, 0.15) is 4.99 Å². The van der Waals surface area contributed by atoms with Crippen LogP contribution in [0, 0.1) is 5.92 Å². The lowest BCUT2D eigenvalue weighted by Crippen LogP contribution is -2.24. The summed E-state index contributed by atoms with van der Waals surface area (Å²) in [6.07, 6.45) is 4.71. The topological polar surface area (TPSA) is 47.3 Å². The van der Waals surface area contributed by atoms with Crippen molar-refractivity contribution < 1.29 is 4.74 Å². The van der Waals surface area contributed by atoms with Crippen molar-refractivity contribution in [3.05, 3.63) is 29.8 Å². The van der Waals surface area contributed by atoms with Crippen LogP contribution in [0.1, 0.15) is 24.8 Å². The Labute approximate surface area is 113 Å². The average molecular weight is 262 g/mol. The van der Waals surface area contributed by atoms with Gasteiger partial charge in [0.25, 0.3) is 0 Å². The second-order valence-electron chi connectivity index (χ2n) is 5.19. The fraction of sp³-hybridized carbons (Fsp3) is 0.500. The first-order chi connectivity index (χ1) is 8.72. The van der Waals surface area contributed by atoms with Gasteiger partial charge < -0.3 is 15.8 Å². The summed E-state index contributed by atoms with van der Waals surface area (Å²) in [5, 5.41) is 3.47. The van der Waals surface area contributed by atoms with Gasteiger partial charge in [-0.1, -0.05) is 12.2 Å². The Morgan fingerprint density at radius 1 is 1.33 bits per heavy atom. The summed E-state index contributed by atoms with van der Waals surface area (Å²) in [6.45, 7) is 0.994. The quantitative estimate of drug-likeness (QED) is 0.817. The maximum atomic E-state index is 5.85. The Hall–Kier alpha value is -1.13. The third-order valence-corrected chi connectivity index (χ3v) is 4.21. The van der Waals surface area contributed by atoms with Crippen LogP contribution in [-0.4, -0.2) is 23.7 Å². The Morgan fingerprint density at radius 3 is 2.67 bits per heavy atom. The number of nitrogens with one attached hydrogen (secondary N) is 1.